The lowest BCUT2D eigenvalue weighted by atomic mass is 9.95. The molecule has 1 aliphatic rings. The summed E-state index contributed by atoms with van der Waals surface area (Å²) in [4.78, 5) is 22.4. The Balaban J connectivity index is 1.81. The average Bonchev–Trinajstić information content (AvgIpc) is 2.46. The molecule has 0 aliphatic carbocycles. The number of aliphatic hydroxyl groups is 1. The standard InChI is InChI=1S/C14H18N2O4/c17-12(14(19)20)5-6-15-13(18)11-7-9-3-1-2-4-10(9)8-16-11/h1-4,11-12,16-17H,5-8H2,(H,15,18)(H,19,20)/t11-,12?/m0/s1. The van der Waals surface area contributed by atoms with E-state index < -0.39 is 12.1 Å². The summed E-state index contributed by atoms with van der Waals surface area (Å²) in [5.74, 6) is -1.44. The van der Waals surface area contributed by atoms with Crippen LogP contribution in [0.1, 0.15) is 17.5 Å². The van der Waals surface area contributed by atoms with Crippen molar-refractivity contribution < 1.29 is 19.8 Å². The molecule has 1 aliphatic heterocycles. The molecular formula is C14H18N2O4. The Labute approximate surface area is 116 Å². The summed E-state index contributed by atoms with van der Waals surface area (Å²) in [6.07, 6.45) is -0.816. The third-order valence-electron chi connectivity index (χ3n) is 3.40. The van der Waals surface area contributed by atoms with Gasteiger partial charge in [-0.1, -0.05) is 24.3 Å². The number of benzene rings is 1. The number of nitrogens with one attached hydrogen (secondary N) is 2. The number of hydrogen-bond acceptors (Lipinski definition) is 4. The van der Waals surface area contributed by atoms with Gasteiger partial charge in [0.15, 0.2) is 6.10 Å². The fraction of sp³-hybridized carbons (Fsp3) is 0.429. The average molecular weight is 278 g/mol. The van der Waals surface area contributed by atoms with E-state index in [1.54, 1.807) is 0 Å². The predicted molar refractivity (Wildman–Crippen MR) is 72.0 cm³/mol. The van der Waals surface area contributed by atoms with Crippen LogP contribution >= 0.6 is 0 Å². The van der Waals surface area contributed by atoms with E-state index in [9.17, 15) is 9.59 Å². The van der Waals surface area contributed by atoms with Gasteiger partial charge in [0.25, 0.3) is 0 Å². The van der Waals surface area contributed by atoms with E-state index in [4.69, 9.17) is 10.2 Å². The fourth-order valence-electron chi connectivity index (χ4n) is 2.22. The molecule has 0 radical (unpaired) electrons. The maximum absolute atomic E-state index is 12.0. The first-order valence-electron chi connectivity index (χ1n) is 6.56. The lowest BCUT2D eigenvalue weighted by Gasteiger charge is -2.25. The molecule has 108 valence electrons. The van der Waals surface area contributed by atoms with Crippen LogP contribution in [0.4, 0.5) is 0 Å². The molecule has 1 unspecified atom stereocenters. The van der Waals surface area contributed by atoms with Gasteiger partial charge in [0, 0.05) is 19.5 Å². The molecule has 2 atom stereocenters. The fourth-order valence-corrected chi connectivity index (χ4v) is 2.22. The first-order valence-corrected chi connectivity index (χ1v) is 6.56. The van der Waals surface area contributed by atoms with Gasteiger partial charge in [0.1, 0.15) is 0 Å². The van der Waals surface area contributed by atoms with Crippen LogP contribution in [0.2, 0.25) is 0 Å². The Hall–Kier alpha value is -1.92. The monoisotopic (exact) mass is 278 g/mol. The predicted octanol–water partition coefficient (Wildman–Crippen LogP) is -0.347. The van der Waals surface area contributed by atoms with Gasteiger partial charge in [-0.3, -0.25) is 4.79 Å². The first-order chi connectivity index (χ1) is 9.58. The van der Waals surface area contributed by atoms with Crippen molar-refractivity contribution in [3.05, 3.63) is 35.4 Å². The van der Waals surface area contributed by atoms with Crippen LogP contribution in [0.3, 0.4) is 0 Å². The smallest absolute Gasteiger partial charge is 0.332 e. The molecule has 0 saturated heterocycles. The van der Waals surface area contributed by atoms with Gasteiger partial charge in [0.05, 0.1) is 6.04 Å². The zero-order chi connectivity index (χ0) is 14.5. The zero-order valence-corrected chi connectivity index (χ0v) is 11.0. The van der Waals surface area contributed by atoms with Crippen LogP contribution in [-0.2, 0) is 22.6 Å². The number of carbonyl (C=O) groups is 2. The van der Waals surface area contributed by atoms with Crippen LogP contribution in [0.15, 0.2) is 24.3 Å². The second-order valence-electron chi connectivity index (χ2n) is 4.84. The van der Waals surface area contributed by atoms with E-state index in [2.05, 4.69) is 10.6 Å². The van der Waals surface area contributed by atoms with Crippen molar-refractivity contribution in [2.45, 2.75) is 31.5 Å². The molecule has 6 heteroatoms. The van der Waals surface area contributed by atoms with Gasteiger partial charge in [-0.15, -0.1) is 0 Å². The summed E-state index contributed by atoms with van der Waals surface area (Å²) < 4.78 is 0. The molecule has 1 aromatic rings. The number of amides is 1. The van der Waals surface area contributed by atoms with Crippen LogP contribution in [0.5, 0.6) is 0 Å². The van der Waals surface area contributed by atoms with Gasteiger partial charge in [-0.25, -0.2) is 4.79 Å². The number of rotatable bonds is 5. The van der Waals surface area contributed by atoms with Crippen molar-refractivity contribution in [3.63, 3.8) is 0 Å². The molecule has 2 rings (SSSR count). The quantitative estimate of drug-likeness (QED) is 0.590. The highest BCUT2D eigenvalue weighted by atomic mass is 16.4. The van der Waals surface area contributed by atoms with Gasteiger partial charge < -0.3 is 20.8 Å². The first kappa shape index (κ1) is 14.5. The molecule has 0 bridgehead atoms. The molecule has 1 heterocycles. The molecule has 0 spiro atoms. The summed E-state index contributed by atoms with van der Waals surface area (Å²) in [5, 5.41) is 23.4. The summed E-state index contributed by atoms with van der Waals surface area (Å²) in [7, 11) is 0. The van der Waals surface area contributed by atoms with Crippen LogP contribution in [0.25, 0.3) is 0 Å². The van der Waals surface area contributed by atoms with Crippen molar-refractivity contribution in [3.8, 4) is 0 Å². The number of carbonyl (C=O) groups excluding carboxylic acids is 1. The number of aliphatic carboxylic acids is 1. The second kappa shape index (κ2) is 6.49. The summed E-state index contributed by atoms with van der Waals surface area (Å²) in [6, 6.07) is 7.63. The van der Waals surface area contributed by atoms with Crippen molar-refractivity contribution in [1.29, 1.82) is 0 Å². The number of fused-ring (bicyclic) bond motifs is 1. The Bertz CT molecular complexity index is 504. The third kappa shape index (κ3) is 3.55. The van der Waals surface area contributed by atoms with Crippen molar-refractivity contribution in [2.75, 3.05) is 6.54 Å². The number of carboxylic acid groups (broad SMARTS) is 1. The Morgan fingerprint density at radius 3 is 2.75 bits per heavy atom. The maximum atomic E-state index is 12.0. The Morgan fingerprint density at radius 1 is 1.35 bits per heavy atom. The van der Waals surface area contributed by atoms with Gasteiger partial charge in [-0.05, 0) is 17.5 Å². The molecule has 1 amide bonds. The molecule has 4 N–H and O–H groups in total. The van der Waals surface area contributed by atoms with E-state index in [0.29, 0.717) is 13.0 Å². The van der Waals surface area contributed by atoms with E-state index in [0.717, 1.165) is 5.56 Å². The maximum Gasteiger partial charge on any atom is 0.332 e. The minimum Gasteiger partial charge on any atom is -0.479 e. The van der Waals surface area contributed by atoms with Gasteiger partial charge in [-0.2, -0.15) is 0 Å². The zero-order valence-electron chi connectivity index (χ0n) is 11.0. The summed E-state index contributed by atoms with van der Waals surface area (Å²) in [5.41, 5.74) is 2.34. The van der Waals surface area contributed by atoms with Crippen molar-refractivity contribution >= 4 is 11.9 Å². The van der Waals surface area contributed by atoms with Gasteiger partial charge >= 0.3 is 5.97 Å². The molecule has 0 fully saturated rings. The summed E-state index contributed by atoms with van der Waals surface area (Å²) in [6.45, 7) is 0.790. The summed E-state index contributed by atoms with van der Waals surface area (Å²) >= 11 is 0. The molecular weight excluding hydrogens is 260 g/mol. The largest absolute Gasteiger partial charge is 0.479 e. The highest BCUT2D eigenvalue weighted by molar-refractivity contribution is 5.82. The minimum absolute atomic E-state index is 0.00435. The van der Waals surface area contributed by atoms with Crippen molar-refractivity contribution in [1.82, 2.24) is 10.6 Å². The van der Waals surface area contributed by atoms with Crippen molar-refractivity contribution in [2.24, 2.45) is 0 Å². The minimum atomic E-state index is -1.43. The highest BCUT2D eigenvalue weighted by Gasteiger charge is 2.23. The molecule has 1 aromatic carbocycles. The third-order valence-corrected chi connectivity index (χ3v) is 3.40. The van der Waals surface area contributed by atoms with E-state index in [1.807, 2.05) is 24.3 Å². The highest BCUT2D eigenvalue weighted by Crippen LogP contribution is 2.16. The van der Waals surface area contributed by atoms with Crippen LogP contribution in [-0.4, -0.2) is 40.8 Å². The van der Waals surface area contributed by atoms with E-state index in [-0.39, 0.29) is 24.9 Å². The molecule has 20 heavy (non-hydrogen) atoms. The molecule has 0 saturated carbocycles. The number of hydrogen-bond donors (Lipinski definition) is 4. The van der Waals surface area contributed by atoms with E-state index in [1.165, 1.54) is 5.56 Å². The lowest BCUT2D eigenvalue weighted by molar-refractivity contribution is -0.147. The Morgan fingerprint density at radius 2 is 2.05 bits per heavy atom. The second-order valence-corrected chi connectivity index (χ2v) is 4.84. The van der Waals surface area contributed by atoms with Crippen LogP contribution in [0, 0.1) is 0 Å². The number of aliphatic hydroxyl groups excluding tert-OH is 1. The molecule has 6 nitrogen and oxygen atoms in total. The van der Waals surface area contributed by atoms with Gasteiger partial charge in [0.2, 0.25) is 5.91 Å². The number of carboxylic acids is 1. The normalized spacial score (nSPS) is 18.9. The van der Waals surface area contributed by atoms with Crippen LogP contribution < -0.4 is 10.6 Å². The SMILES string of the molecule is O=C(O)C(O)CCNC(=O)[C@@H]1Cc2ccccc2CN1. The van der Waals surface area contributed by atoms with E-state index >= 15 is 0 Å². The molecule has 0 aromatic heterocycles. The lowest BCUT2D eigenvalue weighted by Crippen LogP contribution is -2.48. The topological polar surface area (TPSA) is 98.7 Å². The Kier molecular flexibility index (Phi) is 4.70.